The summed E-state index contributed by atoms with van der Waals surface area (Å²) in [6.45, 7) is 13.1. The van der Waals surface area contributed by atoms with Gasteiger partial charge in [0.1, 0.15) is 0 Å². The summed E-state index contributed by atoms with van der Waals surface area (Å²) in [5, 5.41) is 1.32. The number of nitrogens with one attached hydrogen (secondary N) is 1. The molecule has 1 aromatic carbocycles. The Balaban J connectivity index is 2.59. The van der Waals surface area contributed by atoms with E-state index in [-0.39, 0.29) is 0 Å². The number of aromatic nitrogens is 1. The van der Waals surface area contributed by atoms with Crippen molar-refractivity contribution in [1.29, 1.82) is 0 Å². The van der Waals surface area contributed by atoms with Gasteiger partial charge in [-0.25, -0.2) is 0 Å². The predicted molar refractivity (Wildman–Crippen MR) is 90.0 cm³/mol. The zero-order chi connectivity index (χ0) is 14.7. The second-order valence-corrected chi connectivity index (χ2v) is 5.51. The standard InChI is InChI=1S/C19H25N/c1-6-8-13(3)16(7-2)15(5)17-10-9-14(4)19-18(17)11-12-20-19/h9-12,20H,3,6-8H2,1-2,4-5H3/b16-15+. The summed E-state index contributed by atoms with van der Waals surface area (Å²) in [6, 6.07) is 6.63. The predicted octanol–water partition coefficient (Wildman–Crippen LogP) is 6.02. The molecule has 2 rings (SSSR count). The van der Waals surface area contributed by atoms with Gasteiger partial charge < -0.3 is 4.98 Å². The van der Waals surface area contributed by atoms with Crippen LogP contribution in [0.1, 0.15) is 51.2 Å². The minimum Gasteiger partial charge on any atom is -0.361 e. The zero-order valence-corrected chi connectivity index (χ0v) is 13.1. The highest BCUT2D eigenvalue weighted by Gasteiger charge is 2.11. The lowest BCUT2D eigenvalue weighted by atomic mass is 9.90. The molecule has 0 aliphatic carbocycles. The van der Waals surface area contributed by atoms with Crippen LogP contribution < -0.4 is 0 Å². The van der Waals surface area contributed by atoms with E-state index in [9.17, 15) is 0 Å². The quantitative estimate of drug-likeness (QED) is 0.638. The molecule has 2 aromatic rings. The maximum atomic E-state index is 4.28. The van der Waals surface area contributed by atoms with Crippen LogP contribution in [0, 0.1) is 6.92 Å². The summed E-state index contributed by atoms with van der Waals surface area (Å²) in [5.74, 6) is 0. The van der Waals surface area contributed by atoms with E-state index >= 15 is 0 Å². The third kappa shape index (κ3) is 2.58. The van der Waals surface area contributed by atoms with Crippen LogP contribution in [0.15, 0.2) is 42.1 Å². The van der Waals surface area contributed by atoms with Crippen LogP contribution in [0.5, 0.6) is 0 Å². The fourth-order valence-electron chi connectivity index (χ4n) is 3.02. The van der Waals surface area contributed by atoms with Crippen molar-refractivity contribution in [2.75, 3.05) is 0 Å². The van der Waals surface area contributed by atoms with Gasteiger partial charge in [0.2, 0.25) is 0 Å². The lowest BCUT2D eigenvalue weighted by Gasteiger charge is -2.15. The number of hydrogen-bond donors (Lipinski definition) is 1. The molecule has 0 radical (unpaired) electrons. The number of hydrogen-bond acceptors (Lipinski definition) is 0. The second kappa shape index (κ2) is 6.13. The highest BCUT2D eigenvalue weighted by Crippen LogP contribution is 2.32. The molecule has 0 aliphatic heterocycles. The minimum atomic E-state index is 1.05. The SMILES string of the molecule is C=C(CCC)/C(CC)=C(\C)c1ccc(C)c2[nH]ccc12. The first-order valence-corrected chi connectivity index (χ1v) is 7.55. The first-order chi connectivity index (χ1) is 9.60. The number of allylic oxidation sites excluding steroid dienone is 3. The molecule has 0 atom stereocenters. The molecule has 1 heterocycles. The van der Waals surface area contributed by atoms with E-state index in [1.807, 2.05) is 6.20 Å². The van der Waals surface area contributed by atoms with Crippen molar-refractivity contribution in [3.8, 4) is 0 Å². The molecule has 1 heteroatoms. The van der Waals surface area contributed by atoms with Gasteiger partial charge in [0.15, 0.2) is 0 Å². The van der Waals surface area contributed by atoms with Crippen molar-refractivity contribution in [3.05, 3.63) is 53.2 Å². The Morgan fingerprint density at radius 3 is 2.60 bits per heavy atom. The van der Waals surface area contributed by atoms with E-state index in [0.717, 1.165) is 19.3 Å². The molecule has 1 N–H and O–H groups in total. The number of rotatable bonds is 5. The topological polar surface area (TPSA) is 15.8 Å². The lowest BCUT2D eigenvalue weighted by molar-refractivity contribution is 0.898. The van der Waals surface area contributed by atoms with E-state index in [2.05, 4.69) is 57.5 Å². The molecule has 0 amide bonds. The molecule has 0 saturated heterocycles. The molecule has 1 aromatic heterocycles. The first-order valence-electron chi connectivity index (χ1n) is 7.55. The van der Waals surface area contributed by atoms with Crippen molar-refractivity contribution in [2.24, 2.45) is 0 Å². The molecular formula is C19H25N. The molecule has 106 valence electrons. The summed E-state index contributed by atoms with van der Waals surface area (Å²) in [6.07, 6.45) is 5.32. The Hall–Kier alpha value is -1.76. The lowest BCUT2D eigenvalue weighted by Crippen LogP contribution is -1.94. The average molecular weight is 267 g/mol. The van der Waals surface area contributed by atoms with Crippen LogP contribution in [0.25, 0.3) is 16.5 Å². The molecule has 0 fully saturated rings. The van der Waals surface area contributed by atoms with Crippen LogP contribution in [-0.2, 0) is 0 Å². The third-order valence-corrected chi connectivity index (χ3v) is 4.12. The third-order valence-electron chi connectivity index (χ3n) is 4.12. The van der Waals surface area contributed by atoms with Crippen molar-refractivity contribution in [1.82, 2.24) is 4.98 Å². The van der Waals surface area contributed by atoms with Gasteiger partial charge in [0.25, 0.3) is 0 Å². The number of aromatic amines is 1. The Morgan fingerprint density at radius 2 is 1.95 bits per heavy atom. The van der Waals surface area contributed by atoms with Crippen molar-refractivity contribution in [3.63, 3.8) is 0 Å². The Bertz CT molecular complexity index is 655. The number of benzene rings is 1. The molecule has 1 nitrogen and oxygen atoms in total. The Morgan fingerprint density at radius 1 is 1.20 bits per heavy atom. The Labute approximate surface area is 122 Å². The minimum absolute atomic E-state index is 1.05. The van der Waals surface area contributed by atoms with Gasteiger partial charge in [-0.3, -0.25) is 0 Å². The van der Waals surface area contributed by atoms with E-state index in [0.29, 0.717) is 0 Å². The molecule has 0 spiro atoms. The van der Waals surface area contributed by atoms with Crippen molar-refractivity contribution >= 4 is 16.5 Å². The van der Waals surface area contributed by atoms with Crippen LogP contribution >= 0.6 is 0 Å². The smallest absolute Gasteiger partial charge is 0.0489 e. The normalized spacial score (nSPS) is 12.6. The van der Waals surface area contributed by atoms with E-state index in [1.54, 1.807) is 0 Å². The van der Waals surface area contributed by atoms with Gasteiger partial charge in [-0.2, -0.15) is 0 Å². The number of H-pyrrole nitrogens is 1. The van der Waals surface area contributed by atoms with Crippen molar-refractivity contribution < 1.29 is 0 Å². The molecule has 0 aliphatic rings. The fourth-order valence-corrected chi connectivity index (χ4v) is 3.02. The Kier molecular flexibility index (Phi) is 4.49. The molecule has 20 heavy (non-hydrogen) atoms. The first kappa shape index (κ1) is 14.6. The highest BCUT2D eigenvalue weighted by atomic mass is 14.7. The fraction of sp³-hybridized carbons (Fsp3) is 0.368. The maximum Gasteiger partial charge on any atom is 0.0489 e. The van der Waals surface area contributed by atoms with Gasteiger partial charge in [-0.05, 0) is 55.0 Å². The maximum absolute atomic E-state index is 4.28. The van der Waals surface area contributed by atoms with Crippen LogP contribution in [0.2, 0.25) is 0 Å². The summed E-state index contributed by atoms with van der Waals surface area (Å²) in [7, 11) is 0. The summed E-state index contributed by atoms with van der Waals surface area (Å²) < 4.78 is 0. The summed E-state index contributed by atoms with van der Waals surface area (Å²) >= 11 is 0. The van der Waals surface area contributed by atoms with Crippen molar-refractivity contribution in [2.45, 2.75) is 47.0 Å². The van der Waals surface area contributed by atoms with Gasteiger partial charge in [0.05, 0.1) is 0 Å². The average Bonchev–Trinajstić information content (AvgIpc) is 2.90. The van der Waals surface area contributed by atoms with Crippen LogP contribution in [0.3, 0.4) is 0 Å². The summed E-state index contributed by atoms with van der Waals surface area (Å²) in [4.78, 5) is 3.35. The van der Waals surface area contributed by atoms with E-state index in [4.69, 9.17) is 0 Å². The van der Waals surface area contributed by atoms with Gasteiger partial charge in [-0.15, -0.1) is 0 Å². The number of fused-ring (bicyclic) bond motifs is 1. The van der Waals surface area contributed by atoms with Gasteiger partial charge >= 0.3 is 0 Å². The monoisotopic (exact) mass is 267 g/mol. The van der Waals surface area contributed by atoms with Crippen LogP contribution in [-0.4, -0.2) is 4.98 Å². The van der Waals surface area contributed by atoms with Crippen LogP contribution in [0.4, 0.5) is 0 Å². The molecule has 0 saturated carbocycles. The van der Waals surface area contributed by atoms with E-state index < -0.39 is 0 Å². The zero-order valence-electron chi connectivity index (χ0n) is 13.1. The summed E-state index contributed by atoms with van der Waals surface area (Å²) in [5.41, 5.74) is 7.96. The van der Waals surface area contributed by atoms with Gasteiger partial charge in [-0.1, -0.05) is 44.6 Å². The molecule has 0 bridgehead atoms. The van der Waals surface area contributed by atoms with E-state index in [1.165, 1.54) is 38.7 Å². The second-order valence-electron chi connectivity index (χ2n) is 5.51. The largest absolute Gasteiger partial charge is 0.361 e. The molecule has 0 unspecified atom stereocenters. The highest BCUT2D eigenvalue weighted by molar-refractivity contribution is 5.94. The van der Waals surface area contributed by atoms with Gasteiger partial charge in [0, 0.05) is 17.1 Å². The number of aryl methyl sites for hydroxylation is 1. The molecular weight excluding hydrogens is 242 g/mol.